The minimum atomic E-state index is -0.800. The van der Waals surface area contributed by atoms with Crippen LogP contribution in [0.5, 0.6) is 0 Å². The monoisotopic (exact) mass is 353 g/mol. The molecule has 1 heterocycles. The van der Waals surface area contributed by atoms with E-state index in [1.165, 1.54) is 22.9 Å². The fourth-order valence-electron chi connectivity index (χ4n) is 1.74. The molecule has 0 aliphatic carbocycles. The number of nitrogens with zero attached hydrogens (tertiary/aromatic N) is 2. The predicted octanol–water partition coefficient (Wildman–Crippen LogP) is 2.64. The molecule has 7 heteroatoms. The fourth-order valence-corrected chi connectivity index (χ4v) is 3.20. The van der Waals surface area contributed by atoms with Crippen molar-refractivity contribution in [3.8, 4) is 0 Å². The van der Waals surface area contributed by atoms with Gasteiger partial charge in [0, 0.05) is 0 Å². The van der Waals surface area contributed by atoms with Crippen molar-refractivity contribution in [2.24, 2.45) is 4.99 Å². The van der Waals surface area contributed by atoms with Crippen LogP contribution in [0.2, 0.25) is 5.02 Å². The molecule has 18 heavy (non-hydrogen) atoms. The van der Waals surface area contributed by atoms with Crippen LogP contribution in [0.1, 0.15) is 0 Å². The van der Waals surface area contributed by atoms with Crippen molar-refractivity contribution >= 4 is 51.0 Å². The van der Waals surface area contributed by atoms with E-state index in [9.17, 15) is 8.78 Å². The molecule has 0 bridgehead atoms. The first-order valence-corrected chi connectivity index (χ1v) is 7.21. The Morgan fingerprint density at radius 3 is 2.61 bits per heavy atom. The van der Waals surface area contributed by atoms with Gasteiger partial charge in [0.05, 0.1) is 0 Å². The molecular weight excluding hydrogens is 344 g/mol. The van der Waals surface area contributed by atoms with E-state index in [4.69, 9.17) is 23.2 Å². The van der Waals surface area contributed by atoms with Gasteiger partial charge in [0.2, 0.25) is 0 Å². The van der Waals surface area contributed by atoms with Crippen LogP contribution < -0.4 is 4.48 Å². The number of quaternary nitrogens is 1. The molecule has 0 N–H and O–H groups in total. The maximum atomic E-state index is 14.1. The second kappa shape index (κ2) is 4.93. The average Bonchev–Trinajstić information content (AvgIpc) is 2.33. The van der Waals surface area contributed by atoms with Crippen LogP contribution in [0.15, 0.2) is 29.4 Å². The number of hydrogen-bond acceptors (Lipinski definition) is 1. The van der Waals surface area contributed by atoms with Gasteiger partial charge in [-0.3, -0.25) is 0 Å². The van der Waals surface area contributed by atoms with E-state index in [1.54, 1.807) is 13.2 Å². The van der Waals surface area contributed by atoms with Gasteiger partial charge in [-0.1, -0.05) is 0 Å². The summed E-state index contributed by atoms with van der Waals surface area (Å²) in [6.07, 6.45) is 3.40. The van der Waals surface area contributed by atoms with Crippen molar-refractivity contribution in [1.29, 1.82) is 0 Å². The van der Waals surface area contributed by atoms with Crippen molar-refractivity contribution in [2.45, 2.75) is 4.83 Å². The van der Waals surface area contributed by atoms with Crippen LogP contribution in [-0.4, -0.2) is 34.0 Å². The Morgan fingerprint density at radius 2 is 2.00 bits per heavy atom. The molecule has 3 atom stereocenters. The molecule has 1 aromatic rings. The molecule has 2 rings (SSSR count). The molecule has 2 nitrogen and oxygen atoms in total. The van der Waals surface area contributed by atoms with Crippen LogP contribution in [0.4, 0.5) is 14.5 Å². The number of benzene rings is 1. The van der Waals surface area contributed by atoms with Gasteiger partial charge in [0.1, 0.15) is 0 Å². The molecule has 0 spiro atoms. The van der Waals surface area contributed by atoms with Crippen molar-refractivity contribution in [3.05, 3.63) is 41.1 Å². The summed E-state index contributed by atoms with van der Waals surface area (Å²) in [6, 6.07) is 2.48. The van der Waals surface area contributed by atoms with Gasteiger partial charge >= 0.3 is 122 Å². The Balaban J connectivity index is 2.65. The SMILES string of the molecule is C[N+]1(c2ccc(F)c(Cl)c2F)C(Cl)=NC=CC1[AsH2]. The van der Waals surface area contributed by atoms with Gasteiger partial charge in [-0.15, -0.1) is 0 Å². The number of aliphatic imine (C=N–C) groups is 1. The molecule has 0 saturated carbocycles. The van der Waals surface area contributed by atoms with Crippen LogP contribution in [-0.2, 0) is 0 Å². The normalized spacial score (nSPS) is 27.2. The molecule has 0 aromatic heterocycles. The van der Waals surface area contributed by atoms with Gasteiger partial charge in [0.25, 0.3) is 0 Å². The van der Waals surface area contributed by atoms with Gasteiger partial charge in [-0.25, -0.2) is 0 Å². The zero-order valence-corrected chi connectivity index (χ0v) is 13.3. The standard InChI is InChI=1S/C11H10AsCl2F2N2/c1-18(8(12)4-5-17-11(18)14)7-3-2-6(15)9(13)10(7)16/h2-5,8H,12H2,1H3/q+1. The van der Waals surface area contributed by atoms with Gasteiger partial charge < -0.3 is 0 Å². The quantitative estimate of drug-likeness (QED) is 0.318. The third kappa shape index (κ3) is 2.01. The van der Waals surface area contributed by atoms with Crippen molar-refractivity contribution < 1.29 is 8.78 Å². The summed E-state index contributed by atoms with van der Waals surface area (Å²) >= 11 is 13.1. The van der Waals surface area contributed by atoms with E-state index in [2.05, 4.69) is 4.99 Å². The fraction of sp³-hybridized carbons (Fsp3) is 0.182. The number of halogens is 4. The van der Waals surface area contributed by atoms with E-state index in [0.717, 1.165) is 6.07 Å². The summed E-state index contributed by atoms with van der Waals surface area (Å²) in [5.74, 6) is -1.59. The summed E-state index contributed by atoms with van der Waals surface area (Å²) in [5.41, 5.74) is 0.203. The van der Waals surface area contributed by atoms with Crippen molar-refractivity contribution in [2.75, 3.05) is 7.05 Å². The Kier molecular flexibility index (Phi) is 3.84. The molecule has 0 amide bonds. The Bertz CT molecular complexity index is 562. The topological polar surface area (TPSA) is 12.4 Å². The van der Waals surface area contributed by atoms with Gasteiger partial charge in [-0.2, -0.15) is 0 Å². The summed E-state index contributed by atoms with van der Waals surface area (Å²) < 4.78 is 27.3. The number of likely N-dealkylation sites (N-methyl/N-ethyl adjacent to an activating group) is 1. The van der Waals surface area contributed by atoms with Gasteiger partial charge in [-0.05, 0) is 0 Å². The molecule has 1 aliphatic rings. The van der Waals surface area contributed by atoms with Crippen molar-refractivity contribution in [3.63, 3.8) is 0 Å². The second-order valence-corrected chi connectivity index (χ2v) is 6.15. The first-order valence-electron chi connectivity index (χ1n) is 5.05. The third-order valence-electron chi connectivity index (χ3n) is 2.96. The van der Waals surface area contributed by atoms with E-state index < -0.39 is 16.7 Å². The van der Waals surface area contributed by atoms with Crippen molar-refractivity contribution in [1.82, 2.24) is 4.48 Å². The van der Waals surface area contributed by atoms with Crippen LogP contribution in [0.25, 0.3) is 0 Å². The van der Waals surface area contributed by atoms with E-state index in [0.29, 0.717) is 0 Å². The molecule has 1 aromatic carbocycles. The first kappa shape index (κ1) is 14.0. The predicted molar refractivity (Wildman–Crippen MR) is 73.8 cm³/mol. The number of hydrogen-bond donors (Lipinski definition) is 0. The van der Waals surface area contributed by atoms with Gasteiger partial charge in [0.15, 0.2) is 0 Å². The summed E-state index contributed by atoms with van der Waals surface area (Å²) in [5, 5.41) is -0.306. The van der Waals surface area contributed by atoms with Crippen LogP contribution in [0, 0.1) is 11.6 Å². The molecule has 96 valence electrons. The molecular formula is C11H10AsCl2F2N2+. The maximum absolute atomic E-state index is 14.1. The molecule has 1 aliphatic heterocycles. The zero-order chi connectivity index (χ0) is 13.5. The molecule has 0 fully saturated rings. The van der Waals surface area contributed by atoms with E-state index in [1.807, 2.05) is 6.08 Å². The summed E-state index contributed by atoms with van der Waals surface area (Å²) in [6.45, 7) is 0. The minimum absolute atomic E-state index is 0.0517. The Morgan fingerprint density at radius 1 is 1.33 bits per heavy atom. The third-order valence-corrected chi connectivity index (χ3v) is 5.47. The number of rotatable bonds is 1. The zero-order valence-electron chi connectivity index (χ0n) is 9.37. The second-order valence-electron chi connectivity index (χ2n) is 4.00. The average molecular weight is 354 g/mol. The Hall–Kier alpha value is -0.412. The molecule has 0 radical (unpaired) electrons. The Labute approximate surface area is 122 Å². The first-order chi connectivity index (χ1) is 8.39. The summed E-state index contributed by atoms with van der Waals surface area (Å²) in [7, 11) is 1.72. The van der Waals surface area contributed by atoms with E-state index >= 15 is 0 Å². The van der Waals surface area contributed by atoms with E-state index in [-0.39, 0.29) is 20.3 Å². The van der Waals surface area contributed by atoms with Crippen LogP contribution in [0.3, 0.4) is 0 Å². The number of amidine groups is 1. The molecule has 3 unspecified atom stereocenters. The summed E-state index contributed by atoms with van der Waals surface area (Å²) in [4.78, 5) is 3.91. The van der Waals surface area contributed by atoms with Crippen LogP contribution >= 0.6 is 23.2 Å². The molecule has 0 saturated heterocycles.